The molecule has 0 fully saturated rings. The first-order valence-corrected chi connectivity index (χ1v) is 6.07. The molecule has 0 saturated carbocycles. The van der Waals surface area contributed by atoms with Gasteiger partial charge in [0.15, 0.2) is 0 Å². The summed E-state index contributed by atoms with van der Waals surface area (Å²) in [6.45, 7) is 8.31. The van der Waals surface area contributed by atoms with E-state index < -0.39 is 5.97 Å². The molecule has 3 heteroatoms. The minimum absolute atomic E-state index is 0.0376. The Hall–Kier alpha value is -1.77. The summed E-state index contributed by atoms with van der Waals surface area (Å²) in [6.07, 6.45) is 0.0376. The highest BCUT2D eigenvalue weighted by molar-refractivity contribution is 5.91. The summed E-state index contributed by atoms with van der Waals surface area (Å²) in [4.78, 5) is 10.9. The number of carboxylic acids is 1. The van der Waals surface area contributed by atoms with E-state index in [1.54, 1.807) is 0 Å². The number of benzene rings is 1. The van der Waals surface area contributed by atoms with Gasteiger partial charge in [0.05, 0.1) is 12.1 Å². The Balaban J connectivity index is 2.47. The van der Waals surface area contributed by atoms with Gasteiger partial charge in [0.2, 0.25) is 0 Å². The van der Waals surface area contributed by atoms with Gasteiger partial charge in [-0.05, 0) is 35.6 Å². The standard InChI is InChI=1S/C15H18NO2/c1-9-11(8-14(17)18)12-7-10(15(2,3)4)5-6-13(12)16-9/h5-7H,8H2,1-4H3,(H,17,18). The summed E-state index contributed by atoms with van der Waals surface area (Å²) in [5.41, 5.74) is 4.77. The lowest BCUT2D eigenvalue weighted by molar-refractivity contribution is -0.135. The number of hydrogen-bond acceptors (Lipinski definition) is 1. The van der Waals surface area contributed by atoms with Crippen molar-refractivity contribution < 1.29 is 9.90 Å². The Bertz CT molecular complexity index is 536. The second kappa shape index (κ2) is 4.16. The predicted octanol–water partition coefficient (Wildman–Crippen LogP) is 3.44. The number of aliphatic carboxylic acids is 1. The zero-order valence-corrected chi connectivity index (χ0v) is 11.2. The molecule has 0 bridgehead atoms. The van der Waals surface area contributed by atoms with Crippen molar-refractivity contribution in [3.05, 3.63) is 35.0 Å². The van der Waals surface area contributed by atoms with Gasteiger partial charge in [0.25, 0.3) is 0 Å². The zero-order chi connectivity index (χ0) is 13.5. The first kappa shape index (κ1) is 12.7. The molecule has 1 aromatic rings. The van der Waals surface area contributed by atoms with E-state index in [-0.39, 0.29) is 11.8 Å². The second-order valence-electron chi connectivity index (χ2n) is 5.73. The fourth-order valence-corrected chi connectivity index (χ4v) is 2.16. The van der Waals surface area contributed by atoms with Gasteiger partial charge < -0.3 is 5.11 Å². The van der Waals surface area contributed by atoms with Gasteiger partial charge in [-0.2, -0.15) is 0 Å². The van der Waals surface area contributed by atoms with E-state index in [1.165, 1.54) is 5.56 Å². The number of fused-ring (bicyclic) bond motifs is 1. The number of allylic oxidation sites excluding steroid dienone is 1. The highest BCUT2D eigenvalue weighted by atomic mass is 16.4. The van der Waals surface area contributed by atoms with Crippen LogP contribution in [0.4, 0.5) is 5.69 Å². The molecule has 0 spiro atoms. The molecule has 1 aromatic carbocycles. The maximum atomic E-state index is 10.9. The van der Waals surface area contributed by atoms with Crippen LogP contribution in [0.3, 0.4) is 0 Å². The van der Waals surface area contributed by atoms with Crippen molar-refractivity contribution in [3.8, 4) is 0 Å². The minimum atomic E-state index is -0.812. The molecule has 95 valence electrons. The Morgan fingerprint density at radius 1 is 1.33 bits per heavy atom. The van der Waals surface area contributed by atoms with Crippen LogP contribution in [0.5, 0.6) is 0 Å². The Labute approximate surface area is 108 Å². The molecule has 1 N–H and O–H groups in total. The smallest absolute Gasteiger partial charge is 0.307 e. The van der Waals surface area contributed by atoms with Crippen molar-refractivity contribution >= 4 is 17.2 Å². The lowest BCUT2D eigenvalue weighted by atomic mass is 9.85. The summed E-state index contributed by atoms with van der Waals surface area (Å²) in [7, 11) is 0. The SMILES string of the molecule is CC1=C(CC(=O)O)c2cc(C(C)(C)C)ccc2[N]1. The number of nitrogens with zero attached hydrogens (tertiary/aromatic N) is 1. The van der Waals surface area contributed by atoms with Crippen LogP contribution in [-0.4, -0.2) is 11.1 Å². The van der Waals surface area contributed by atoms with Gasteiger partial charge in [-0.3, -0.25) is 10.1 Å². The van der Waals surface area contributed by atoms with E-state index in [4.69, 9.17) is 5.11 Å². The fraction of sp³-hybridized carbons (Fsp3) is 0.400. The average molecular weight is 244 g/mol. The maximum Gasteiger partial charge on any atom is 0.307 e. The van der Waals surface area contributed by atoms with Gasteiger partial charge in [-0.25, -0.2) is 0 Å². The molecule has 0 aromatic heterocycles. The molecule has 1 radical (unpaired) electrons. The number of rotatable bonds is 2. The molecule has 0 saturated heterocycles. The van der Waals surface area contributed by atoms with Crippen LogP contribution in [0.15, 0.2) is 23.9 Å². The average Bonchev–Trinajstić information content (AvgIpc) is 2.53. The summed E-state index contributed by atoms with van der Waals surface area (Å²) in [5.74, 6) is -0.812. The Morgan fingerprint density at radius 3 is 2.56 bits per heavy atom. The van der Waals surface area contributed by atoms with Gasteiger partial charge in [0.1, 0.15) is 0 Å². The third-order valence-electron chi connectivity index (χ3n) is 3.24. The van der Waals surface area contributed by atoms with Crippen molar-refractivity contribution in [2.75, 3.05) is 0 Å². The normalized spacial score (nSPS) is 14.4. The van der Waals surface area contributed by atoms with Crippen molar-refractivity contribution in [1.82, 2.24) is 5.32 Å². The molecular weight excluding hydrogens is 226 g/mol. The summed E-state index contributed by atoms with van der Waals surface area (Å²) in [6, 6.07) is 6.13. The Morgan fingerprint density at radius 2 is 2.00 bits per heavy atom. The fourth-order valence-electron chi connectivity index (χ4n) is 2.16. The highest BCUT2D eigenvalue weighted by Gasteiger charge is 2.24. The monoisotopic (exact) mass is 244 g/mol. The van der Waals surface area contributed by atoms with E-state index in [9.17, 15) is 4.79 Å². The molecule has 1 heterocycles. The molecule has 0 aliphatic carbocycles. The Kier molecular flexibility index (Phi) is 2.93. The molecule has 0 unspecified atom stereocenters. The second-order valence-corrected chi connectivity index (χ2v) is 5.73. The van der Waals surface area contributed by atoms with Crippen LogP contribution in [0, 0.1) is 0 Å². The van der Waals surface area contributed by atoms with Crippen molar-refractivity contribution in [1.29, 1.82) is 0 Å². The van der Waals surface area contributed by atoms with Crippen molar-refractivity contribution in [2.24, 2.45) is 0 Å². The molecule has 18 heavy (non-hydrogen) atoms. The van der Waals surface area contributed by atoms with Crippen LogP contribution in [0.2, 0.25) is 0 Å². The summed E-state index contributed by atoms with van der Waals surface area (Å²) in [5, 5.41) is 13.4. The van der Waals surface area contributed by atoms with Crippen LogP contribution >= 0.6 is 0 Å². The first-order valence-electron chi connectivity index (χ1n) is 6.07. The van der Waals surface area contributed by atoms with Crippen LogP contribution in [0.1, 0.15) is 45.2 Å². The number of carboxylic acid groups (broad SMARTS) is 1. The molecule has 1 aliphatic rings. The number of carbonyl (C=O) groups is 1. The molecule has 0 atom stereocenters. The molecule has 2 rings (SSSR count). The molecule has 1 aliphatic heterocycles. The molecule has 3 nitrogen and oxygen atoms in total. The first-order chi connectivity index (χ1) is 8.29. The van der Waals surface area contributed by atoms with Gasteiger partial charge in [-0.15, -0.1) is 0 Å². The highest BCUT2D eigenvalue weighted by Crippen LogP contribution is 2.38. The molecule has 0 amide bonds. The van der Waals surface area contributed by atoms with E-state index >= 15 is 0 Å². The zero-order valence-electron chi connectivity index (χ0n) is 11.2. The lowest BCUT2D eigenvalue weighted by Crippen LogP contribution is -2.11. The van der Waals surface area contributed by atoms with Crippen LogP contribution in [-0.2, 0) is 10.2 Å². The van der Waals surface area contributed by atoms with Gasteiger partial charge in [-0.1, -0.05) is 26.8 Å². The van der Waals surface area contributed by atoms with E-state index in [0.717, 1.165) is 22.5 Å². The number of hydrogen-bond donors (Lipinski definition) is 1. The van der Waals surface area contributed by atoms with E-state index in [2.05, 4.69) is 38.2 Å². The lowest BCUT2D eigenvalue weighted by Gasteiger charge is -2.20. The summed E-state index contributed by atoms with van der Waals surface area (Å²) >= 11 is 0. The van der Waals surface area contributed by atoms with Crippen molar-refractivity contribution in [3.63, 3.8) is 0 Å². The van der Waals surface area contributed by atoms with Crippen molar-refractivity contribution in [2.45, 2.75) is 39.5 Å². The van der Waals surface area contributed by atoms with E-state index in [1.807, 2.05) is 13.0 Å². The topological polar surface area (TPSA) is 51.4 Å². The molecular formula is C15H18NO2. The van der Waals surface area contributed by atoms with E-state index in [0.29, 0.717) is 0 Å². The maximum absolute atomic E-state index is 10.9. The minimum Gasteiger partial charge on any atom is -0.481 e. The third kappa shape index (κ3) is 2.26. The predicted molar refractivity (Wildman–Crippen MR) is 71.8 cm³/mol. The summed E-state index contributed by atoms with van der Waals surface area (Å²) < 4.78 is 0. The van der Waals surface area contributed by atoms with Crippen LogP contribution < -0.4 is 5.32 Å². The van der Waals surface area contributed by atoms with Gasteiger partial charge >= 0.3 is 5.97 Å². The third-order valence-corrected chi connectivity index (χ3v) is 3.24. The van der Waals surface area contributed by atoms with Crippen LogP contribution in [0.25, 0.3) is 5.57 Å². The largest absolute Gasteiger partial charge is 0.481 e. The van der Waals surface area contributed by atoms with Gasteiger partial charge in [0, 0.05) is 11.3 Å². The quantitative estimate of drug-likeness (QED) is 0.866.